The number of hydrogen-bond acceptors (Lipinski definition) is 1. The van der Waals surface area contributed by atoms with Crippen molar-refractivity contribution < 1.29 is 0 Å². The number of rotatable bonds is 4. The Morgan fingerprint density at radius 1 is 1.05 bits per heavy atom. The highest BCUT2D eigenvalue weighted by atomic mass is 14.9. The highest BCUT2D eigenvalue weighted by molar-refractivity contribution is 5.27. The van der Waals surface area contributed by atoms with Crippen LogP contribution in [-0.4, -0.2) is 6.04 Å². The van der Waals surface area contributed by atoms with E-state index in [0.717, 1.165) is 18.5 Å². The molecule has 1 N–H and O–H groups in total. The van der Waals surface area contributed by atoms with Crippen molar-refractivity contribution in [3.8, 4) is 0 Å². The molecule has 1 aromatic carbocycles. The van der Waals surface area contributed by atoms with E-state index in [1.807, 2.05) is 0 Å². The van der Waals surface area contributed by atoms with Crippen LogP contribution in [-0.2, 0) is 12.0 Å². The second-order valence-corrected chi connectivity index (χ2v) is 7.39. The molecule has 1 nitrogen and oxygen atoms in total. The minimum absolute atomic E-state index is 0.253. The summed E-state index contributed by atoms with van der Waals surface area (Å²) in [7, 11) is 0. The molecule has 0 aromatic heterocycles. The van der Waals surface area contributed by atoms with Crippen LogP contribution in [0.5, 0.6) is 0 Å². The fourth-order valence-electron chi connectivity index (χ4n) is 3.34. The zero-order valence-corrected chi connectivity index (χ0v) is 13.7. The number of nitrogens with one attached hydrogen (secondary N) is 1. The predicted octanol–water partition coefficient (Wildman–Crippen LogP) is 5.04. The second-order valence-electron chi connectivity index (χ2n) is 7.39. The first-order valence-corrected chi connectivity index (χ1v) is 8.33. The first kappa shape index (κ1) is 15.6. The molecule has 1 saturated carbocycles. The molecule has 2 unspecified atom stereocenters. The molecule has 0 aliphatic heterocycles. The van der Waals surface area contributed by atoms with Gasteiger partial charge in [-0.15, -0.1) is 0 Å². The Labute approximate surface area is 125 Å². The first-order valence-electron chi connectivity index (χ1n) is 8.33. The van der Waals surface area contributed by atoms with Gasteiger partial charge in [0.05, 0.1) is 0 Å². The lowest BCUT2D eigenvalue weighted by atomic mass is 9.83. The van der Waals surface area contributed by atoms with Gasteiger partial charge in [0.1, 0.15) is 0 Å². The van der Waals surface area contributed by atoms with Gasteiger partial charge in [0.15, 0.2) is 0 Å². The van der Waals surface area contributed by atoms with Crippen molar-refractivity contribution in [1.29, 1.82) is 0 Å². The molecule has 0 heterocycles. The Hall–Kier alpha value is -0.820. The largest absolute Gasteiger partial charge is 0.310 e. The van der Waals surface area contributed by atoms with E-state index >= 15 is 0 Å². The molecule has 0 saturated heterocycles. The topological polar surface area (TPSA) is 12.0 Å². The average Bonchev–Trinajstić information content (AvgIpc) is 2.45. The Balaban J connectivity index is 1.90. The van der Waals surface area contributed by atoms with Gasteiger partial charge < -0.3 is 5.32 Å². The van der Waals surface area contributed by atoms with Crippen LogP contribution in [0.4, 0.5) is 0 Å². The van der Waals surface area contributed by atoms with E-state index in [1.54, 1.807) is 0 Å². The maximum Gasteiger partial charge on any atom is 0.0208 e. The zero-order valence-electron chi connectivity index (χ0n) is 13.7. The highest BCUT2D eigenvalue weighted by Crippen LogP contribution is 2.27. The van der Waals surface area contributed by atoms with Crippen molar-refractivity contribution in [2.24, 2.45) is 5.92 Å². The van der Waals surface area contributed by atoms with Crippen LogP contribution >= 0.6 is 0 Å². The van der Waals surface area contributed by atoms with Crippen molar-refractivity contribution >= 4 is 0 Å². The van der Waals surface area contributed by atoms with Crippen LogP contribution in [0, 0.1) is 5.92 Å². The Kier molecular flexibility index (Phi) is 5.26. The average molecular weight is 273 g/mol. The van der Waals surface area contributed by atoms with Gasteiger partial charge in [0.25, 0.3) is 0 Å². The summed E-state index contributed by atoms with van der Waals surface area (Å²) in [5.74, 6) is 0.887. The summed E-state index contributed by atoms with van der Waals surface area (Å²) in [6.07, 6.45) is 6.92. The third-order valence-corrected chi connectivity index (χ3v) is 4.82. The Morgan fingerprint density at radius 3 is 2.30 bits per heavy atom. The molecule has 1 aliphatic rings. The maximum atomic E-state index is 3.80. The predicted molar refractivity (Wildman–Crippen MR) is 88.0 cm³/mol. The van der Waals surface area contributed by atoms with Crippen LogP contribution in [0.1, 0.15) is 70.9 Å². The monoisotopic (exact) mass is 273 g/mol. The van der Waals surface area contributed by atoms with E-state index in [2.05, 4.69) is 57.3 Å². The molecule has 0 amide bonds. The van der Waals surface area contributed by atoms with Gasteiger partial charge in [-0.25, -0.2) is 0 Å². The van der Waals surface area contributed by atoms with Crippen LogP contribution in [0.25, 0.3) is 0 Å². The molecule has 0 spiro atoms. The van der Waals surface area contributed by atoms with Crippen molar-refractivity contribution in [3.05, 3.63) is 35.4 Å². The van der Waals surface area contributed by atoms with E-state index in [0.29, 0.717) is 0 Å². The number of hydrogen-bond donors (Lipinski definition) is 1. The van der Waals surface area contributed by atoms with E-state index in [9.17, 15) is 0 Å². The quantitative estimate of drug-likeness (QED) is 0.810. The molecule has 1 fully saturated rings. The summed E-state index contributed by atoms with van der Waals surface area (Å²) < 4.78 is 0. The molecule has 1 aliphatic carbocycles. The fraction of sp³-hybridized carbons (Fsp3) is 0.684. The SMILES string of the molecule is CCC1CCCCC1NCc1ccc(C(C)(C)C)cc1. The normalized spacial score (nSPS) is 23.8. The Morgan fingerprint density at radius 2 is 1.70 bits per heavy atom. The van der Waals surface area contributed by atoms with Crippen molar-refractivity contribution in [1.82, 2.24) is 5.32 Å². The van der Waals surface area contributed by atoms with Gasteiger partial charge in [-0.05, 0) is 35.3 Å². The molecular weight excluding hydrogens is 242 g/mol. The lowest BCUT2D eigenvalue weighted by molar-refractivity contribution is 0.254. The summed E-state index contributed by atoms with van der Waals surface area (Å²) in [5.41, 5.74) is 3.09. The van der Waals surface area contributed by atoms with Gasteiger partial charge in [-0.3, -0.25) is 0 Å². The molecular formula is C19H31N. The van der Waals surface area contributed by atoms with E-state index in [4.69, 9.17) is 0 Å². The van der Waals surface area contributed by atoms with Gasteiger partial charge in [0, 0.05) is 12.6 Å². The van der Waals surface area contributed by atoms with Gasteiger partial charge in [-0.1, -0.05) is 71.2 Å². The maximum absolute atomic E-state index is 3.80. The van der Waals surface area contributed by atoms with Gasteiger partial charge in [-0.2, -0.15) is 0 Å². The molecule has 0 radical (unpaired) electrons. The highest BCUT2D eigenvalue weighted by Gasteiger charge is 2.22. The van der Waals surface area contributed by atoms with E-state index < -0.39 is 0 Å². The molecule has 0 bridgehead atoms. The van der Waals surface area contributed by atoms with Crippen LogP contribution in [0.2, 0.25) is 0 Å². The zero-order chi connectivity index (χ0) is 14.6. The smallest absolute Gasteiger partial charge is 0.0208 e. The summed E-state index contributed by atoms with van der Waals surface area (Å²) in [6, 6.07) is 9.88. The number of benzene rings is 1. The summed E-state index contributed by atoms with van der Waals surface area (Å²) >= 11 is 0. The van der Waals surface area contributed by atoms with Crippen LogP contribution in [0.15, 0.2) is 24.3 Å². The third kappa shape index (κ3) is 4.09. The summed E-state index contributed by atoms with van der Waals surface area (Å²) in [6.45, 7) is 10.2. The van der Waals surface area contributed by atoms with Crippen molar-refractivity contribution in [2.75, 3.05) is 0 Å². The van der Waals surface area contributed by atoms with Crippen molar-refractivity contribution in [3.63, 3.8) is 0 Å². The van der Waals surface area contributed by atoms with Crippen LogP contribution in [0.3, 0.4) is 0 Å². The molecule has 112 valence electrons. The lowest BCUT2D eigenvalue weighted by Crippen LogP contribution is -2.37. The minimum atomic E-state index is 0.253. The summed E-state index contributed by atoms with van der Waals surface area (Å²) in [4.78, 5) is 0. The van der Waals surface area contributed by atoms with E-state index in [-0.39, 0.29) is 5.41 Å². The standard InChI is InChI=1S/C19H31N/c1-5-16-8-6-7-9-18(16)20-14-15-10-12-17(13-11-15)19(2,3)4/h10-13,16,18,20H,5-9,14H2,1-4H3. The van der Waals surface area contributed by atoms with Crippen molar-refractivity contribution in [2.45, 2.75) is 77.8 Å². The molecule has 1 aromatic rings. The molecule has 2 atom stereocenters. The second kappa shape index (κ2) is 6.76. The fourth-order valence-corrected chi connectivity index (χ4v) is 3.34. The van der Waals surface area contributed by atoms with Crippen LogP contribution < -0.4 is 5.32 Å². The van der Waals surface area contributed by atoms with E-state index in [1.165, 1.54) is 43.2 Å². The lowest BCUT2D eigenvalue weighted by Gasteiger charge is -2.31. The third-order valence-electron chi connectivity index (χ3n) is 4.82. The molecule has 2 rings (SSSR count). The van der Waals surface area contributed by atoms with Gasteiger partial charge >= 0.3 is 0 Å². The minimum Gasteiger partial charge on any atom is -0.310 e. The van der Waals surface area contributed by atoms with Gasteiger partial charge in [0.2, 0.25) is 0 Å². The molecule has 20 heavy (non-hydrogen) atoms. The molecule has 1 heteroatoms. The summed E-state index contributed by atoms with van der Waals surface area (Å²) in [5, 5.41) is 3.80. The Bertz CT molecular complexity index is 399. The first-order chi connectivity index (χ1) is 9.50.